The van der Waals surface area contributed by atoms with Crippen LogP contribution >= 0.6 is 0 Å². The Bertz CT molecular complexity index is 5160. The molecule has 12 bridgehead atoms. The number of carbonyl (C=O) groups is 10. The summed E-state index contributed by atoms with van der Waals surface area (Å²) in [6.07, 6.45) is 3.07. The fourth-order valence-electron chi connectivity index (χ4n) is 15.5. The van der Waals surface area contributed by atoms with Gasteiger partial charge in [0, 0.05) is 51.1 Å². The molecule has 6 aliphatic heterocycles. The third-order valence-corrected chi connectivity index (χ3v) is 27.0. The van der Waals surface area contributed by atoms with Gasteiger partial charge in [-0.15, -0.1) is 10.2 Å². The number of sulfonamides is 2. The second-order valence-electron chi connectivity index (χ2n) is 34.8. The topological polar surface area (TPSA) is 434 Å². The molecule has 2 saturated heterocycles. The molecular weight excluding hydrogens is 1600 g/mol. The Hall–Kier alpha value is -11.6. The van der Waals surface area contributed by atoms with E-state index in [0.717, 1.165) is 21.5 Å². The number of likely N-dealkylation sites (tertiary alicyclic amines) is 2. The third kappa shape index (κ3) is 21.7. The lowest BCUT2D eigenvalue weighted by Gasteiger charge is -2.36. The van der Waals surface area contributed by atoms with Gasteiger partial charge in [0.25, 0.3) is 5.91 Å². The molecule has 6 aromatic carbocycles. The highest BCUT2D eigenvalue weighted by atomic mass is 32.2. The van der Waals surface area contributed by atoms with E-state index in [9.17, 15) is 36.0 Å². The Morgan fingerprint density at radius 1 is 0.500 bits per heavy atom. The lowest BCUT2D eigenvalue weighted by molar-refractivity contribution is -0.144. The average molecular weight is 1710 g/mol. The molecule has 35 heteroatoms. The second kappa shape index (κ2) is 37.0. The van der Waals surface area contributed by atoms with Gasteiger partial charge in [0.05, 0.1) is 53.1 Å². The first kappa shape index (κ1) is 88.2. The number of ether oxygens (including phenoxy) is 2. The van der Waals surface area contributed by atoms with Crippen LogP contribution in [0.3, 0.4) is 0 Å². The number of nitrogens with zero attached hydrogens (tertiary/aromatic N) is 8. The van der Waals surface area contributed by atoms with Crippen LogP contribution in [0.2, 0.25) is 0 Å². The van der Waals surface area contributed by atoms with Gasteiger partial charge in [0.15, 0.2) is 5.78 Å². The predicted molar refractivity (Wildman–Crippen MR) is 452 cm³/mol. The zero-order chi connectivity index (χ0) is 87.3. The number of carbonyl (C=O) groups excluding carboxylic acids is 10. The number of rotatable bonds is 18. The smallest absolute Gasteiger partial charge is 0.256 e. The van der Waals surface area contributed by atoms with E-state index in [-0.39, 0.29) is 64.8 Å². The Labute approximate surface area is 708 Å². The number of aromatic nitrogens is 6. The molecule has 12 atom stereocenters. The van der Waals surface area contributed by atoms with E-state index in [1.165, 1.54) is 19.2 Å². The maximum absolute atomic E-state index is 15.6. The zero-order valence-corrected chi connectivity index (χ0v) is 71.6. The van der Waals surface area contributed by atoms with E-state index in [4.69, 9.17) is 9.47 Å². The third-order valence-electron chi connectivity index (χ3n) is 23.3. The number of Topliss-reactive ketones (excluding diaryl/α,β-unsaturated/α-hetero) is 1. The quantitative estimate of drug-likeness (QED) is 0.0574. The zero-order valence-electron chi connectivity index (χ0n) is 70.0. The maximum Gasteiger partial charge on any atom is 0.256 e. The van der Waals surface area contributed by atoms with Crippen molar-refractivity contribution in [1.82, 2.24) is 86.4 Å². The van der Waals surface area contributed by atoms with E-state index < -0.39 is 179 Å². The summed E-state index contributed by atoms with van der Waals surface area (Å²) in [5.41, 5.74) is 0.920. The summed E-state index contributed by atoms with van der Waals surface area (Å²) in [6, 6.07) is 26.8. The number of fused-ring (bicyclic) bond motifs is 2. The van der Waals surface area contributed by atoms with Crippen LogP contribution in [0.15, 0.2) is 146 Å². The second-order valence-corrected chi connectivity index (χ2v) is 38.7. The highest BCUT2D eigenvalue weighted by molar-refractivity contribution is 7.91. The van der Waals surface area contributed by atoms with Gasteiger partial charge < -0.3 is 56.5 Å². The van der Waals surface area contributed by atoms with Crippen molar-refractivity contribution in [3.8, 4) is 11.5 Å². The van der Waals surface area contributed by atoms with Crippen LogP contribution in [0.5, 0.6) is 11.5 Å². The minimum atomic E-state index is -4.20. The largest absolute Gasteiger partial charge is 0.487 e. The molecule has 33 nitrogen and oxygen atoms in total. The van der Waals surface area contributed by atoms with Crippen molar-refractivity contribution >= 4 is 101 Å². The molecule has 2 aliphatic carbocycles. The van der Waals surface area contributed by atoms with Gasteiger partial charge in [-0.3, -0.25) is 57.4 Å². The molecule has 0 radical (unpaired) electrons. The number of hydrogen-bond acceptors (Lipinski definition) is 22. The first-order valence-electron chi connectivity index (χ1n) is 41.3. The first-order valence-corrected chi connectivity index (χ1v) is 44.4. The molecule has 0 spiro atoms. The Balaban J connectivity index is 0.858. The fraction of sp³-hybridized carbons (Fsp3) is 0.471. The molecular formula is C87H107N17O16S2. The maximum atomic E-state index is 15.6. The number of likely N-dealkylation sites (N-methyl/N-ethyl adjacent to an activating group) is 2. The van der Waals surface area contributed by atoms with E-state index in [1.807, 2.05) is 78.9 Å². The van der Waals surface area contributed by atoms with Crippen LogP contribution < -0.4 is 56.1 Å². The normalized spacial score (nSPS) is 22.2. The lowest BCUT2D eigenvalue weighted by Crippen LogP contribution is -2.61. The molecule has 8 heterocycles. The Kier molecular flexibility index (Phi) is 26.8. The van der Waals surface area contributed by atoms with Gasteiger partial charge in [0.2, 0.25) is 67.3 Å². The minimum absolute atomic E-state index is 0.0761. The van der Waals surface area contributed by atoms with Crippen molar-refractivity contribution in [3.05, 3.63) is 179 Å². The van der Waals surface area contributed by atoms with E-state index in [0.29, 0.717) is 70.8 Å². The number of amides is 9. The summed E-state index contributed by atoms with van der Waals surface area (Å²) in [4.78, 5) is 152. The van der Waals surface area contributed by atoms with E-state index >= 15 is 28.8 Å². The van der Waals surface area contributed by atoms with Gasteiger partial charge in [0.1, 0.15) is 72.4 Å². The van der Waals surface area contributed by atoms with E-state index in [1.54, 1.807) is 136 Å². The predicted octanol–water partition coefficient (Wildman–Crippen LogP) is 4.43. The van der Waals surface area contributed by atoms with Gasteiger partial charge in [-0.1, -0.05) is 161 Å². The van der Waals surface area contributed by atoms with Gasteiger partial charge in [-0.2, -0.15) is 0 Å². The van der Waals surface area contributed by atoms with Gasteiger partial charge in [-0.05, 0) is 145 Å². The average Bonchev–Trinajstić information content (AvgIpc) is 1.64. The van der Waals surface area contributed by atoms with E-state index in [2.05, 4.69) is 67.3 Å². The standard InChI is InChI=1S/C87H107N17O16S2/c1-50(88-9)77(106)93-75(86(3,4)5)84(113)101-46-63-42-72(101)82(111)90-69(39-54-19-25-56-15-11-13-17-58(56)36-54)74(105)41-60(79(108)97-121(115,116)67-31-32-67)35-52-21-27-65(28-22-52)119-48-61-45-104(100-95-61)64-43-73(102(47-64)85(114)76(87(6,7)8)94-78(107)51(2)89-10)83(112)92-70(40-55-20-26-57-16-12-14-18-59(57)37-55)80(109)91-71(81(110)98-122(117,118)68-33-34-68)38-53-23-29-66(30-24-53)120-49-62-44-103(63)99-96-62/h11-30,36-37,44-45,50-51,60,63-64,67-73,75-76,88-89H,31-35,38-43,46-49H2,1-10H3,(H,90,111)(H,91,109)(H,92,112)(H,93,106)(H,94,107)(H,97,108)(H,98,110)/t50-,51-,60+,63-,64-,69-,70-,71-,72-,73-,75+,76+/m0/s1. The molecule has 122 heavy (non-hydrogen) atoms. The van der Waals surface area contributed by atoms with Crippen LogP contribution in [0.1, 0.15) is 146 Å². The highest BCUT2D eigenvalue weighted by Crippen LogP contribution is 2.36. The number of hydrogen-bond donors (Lipinski definition) is 9. The lowest BCUT2D eigenvalue weighted by atomic mass is 9.85. The summed E-state index contributed by atoms with van der Waals surface area (Å²) in [5, 5.41) is 39.9. The molecule has 2 saturated carbocycles. The fourth-order valence-corrected chi connectivity index (χ4v) is 18.2. The van der Waals surface area contributed by atoms with Crippen molar-refractivity contribution in [2.75, 3.05) is 27.2 Å². The molecule has 8 aliphatic rings. The molecule has 4 fully saturated rings. The van der Waals surface area contributed by atoms with Crippen molar-refractivity contribution < 1.29 is 74.3 Å². The van der Waals surface area contributed by atoms with Gasteiger partial charge in [-0.25, -0.2) is 26.2 Å². The summed E-state index contributed by atoms with van der Waals surface area (Å²) in [7, 11) is -5.16. The summed E-state index contributed by atoms with van der Waals surface area (Å²) in [6.45, 7) is 13.3. The van der Waals surface area contributed by atoms with Crippen LogP contribution in [0.25, 0.3) is 21.5 Å². The SMILES string of the molecule is CN[C@@H](C)C(=O)N[C@H](C(=O)N1C[C@@H]2C[C@H]1C(=O)N[C@@H](Cc1ccc3ccccc3c1)C(=O)C[C@H](C(=O)NS(=O)(=O)C1CC1)Cc1ccc(cc1)OCc1cn(nn1)[C@H]1C[C@@H](C(=O)N[C@@H](Cc3ccc4ccccc4c3)C(=O)N[C@H](C(=O)NS(=O)(=O)C3CC3)Cc3ccc(cc3)OCc3cn2nn3)N(C(=O)[C@@H](NC(=O)[C@H](C)NC)C(C)(C)C)C1)C(C)(C)C. The summed E-state index contributed by atoms with van der Waals surface area (Å²) < 4.78 is 74.4. The molecule has 8 aromatic rings. The number of nitrogens with one attached hydrogen (secondary N) is 9. The van der Waals surface area contributed by atoms with Crippen LogP contribution in [0.4, 0.5) is 0 Å². The minimum Gasteiger partial charge on any atom is -0.487 e. The van der Waals surface area contributed by atoms with Crippen molar-refractivity contribution in [3.63, 3.8) is 0 Å². The van der Waals surface area contributed by atoms with Gasteiger partial charge >= 0.3 is 0 Å². The molecule has 648 valence electrons. The number of ketones is 1. The molecule has 9 amide bonds. The molecule has 2 aromatic heterocycles. The number of benzene rings is 6. The van der Waals surface area contributed by atoms with Crippen molar-refractivity contribution in [2.45, 2.75) is 216 Å². The highest BCUT2D eigenvalue weighted by Gasteiger charge is 2.50. The summed E-state index contributed by atoms with van der Waals surface area (Å²) in [5.74, 6) is -7.90. The van der Waals surface area contributed by atoms with Crippen molar-refractivity contribution in [1.29, 1.82) is 0 Å². The van der Waals surface area contributed by atoms with Crippen LogP contribution in [0, 0.1) is 16.7 Å². The molecule has 16 rings (SSSR count). The summed E-state index contributed by atoms with van der Waals surface area (Å²) >= 11 is 0. The van der Waals surface area contributed by atoms with Crippen molar-refractivity contribution in [2.24, 2.45) is 16.7 Å². The molecule has 0 unspecified atom stereocenters. The Morgan fingerprint density at radius 3 is 1.34 bits per heavy atom. The first-order chi connectivity index (χ1) is 58.0. The van der Waals surface area contributed by atoms with Crippen LogP contribution in [-0.2, 0) is 107 Å². The Morgan fingerprint density at radius 2 is 0.910 bits per heavy atom. The van der Waals surface area contributed by atoms with Crippen LogP contribution in [-0.4, -0.2) is 208 Å². The molecule has 9 N–H and O–H groups in total. The monoisotopic (exact) mass is 1710 g/mol.